The van der Waals surface area contributed by atoms with Crippen LogP contribution in [-0.4, -0.2) is 18.8 Å². The zero-order chi connectivity index (χ0) is 10.6. The van der Waals surface area contributed by atoms with Crippen molar-refractivity contribution in [3.05, 3.63) is 36.2 Å². The van der Waals surface area contributed by atoms with Crippen LogP contribution in [0.4, 0.5) is 0 Å². The topological polar surface area (TPSA) is 29.5 Å². The van der Waals surface area contributed by atoms with Crippen molar-refractivity contribution in [2.24, 2.45) is 0 Å². The summed E-state index contributed by atoms with van der Waals surface area (Å²) in [5, 5.41) is 9.07. The number of aliphatic hydroxyl groups excluding tert-OH is 1. The van der Waals surface area contributed by atoms with Crippen LogP contribution in [0, 0.1) is 6.92 Å². The highest BCUT2D eigenvalue weighted by molar-refractivity contribution is 5.42. The first-order valence-corrected chi connectivity index (χ1v) is 4.84. The predicted octanol–water partition coefficient (Wildman–Crippen LogP) is 2.17. The lowest BCUT2D eigenvalue weighted by Crippen LogP contribution is -2.04. The van der Waals surface area contributed by atoms with Gasteiger partial charge in [-0.15, -0.1) is 0 Å². The Morgan fingerprint density at radius 2 is 2.21 bits per heavy atom. The first-order chi connectivity index (χ1) is 6.74. The molecule has 0 heterocycles. The number of ether oxygens (including phenoxy) is 1. The van der Waals surface area contributed by atoms with Crippen LogP contribution in [0.2, 0.25) is 0 Å². The van der Waals surface area contributed by atoms with Gasteiger partial charge in [0.25, 0.3) is 0 Å². The lowest BCUT2D eigenvalue weighted by atomic mass is 9.94. The van der Waals surface area contributed by atoms with Gasteiger partial charge in [0, 0.05) is 12.5 Å². The number of hydrogen-bond donors (Lipinski definition) is 1. The normalized spacial score (nSPS) is 12.6. The second-order valence-corrected chi connectivity index (χ2v) is 3.26. The summed E-state index contributed by atoms with van der Waals surface area (Å²) in [5.41, 5.74) is 2.22. The van der Waals surface area contributed by atoms with Gasteiger partial charge in [-0.3, -0.25) is 0 Å². The van der Waals surface area contributed by atoms with Crippen LogP contribution in [0.5, 0.6) is 5.75 Å². The van der Waals surface area contributed by atoms with Gasteiger partial charge in [0.05, 0.1) is 7.11 Å². The molecule has 1 rings (SSSR count). The van der Waals surface area contributed by atoms with E-state index in [0.717, 1.165) is 23.3 Å². The van der Waals surface area contributed by atoms with E-state index < -0.39 is 0 Å². The molecule has 1 unspecified atom stereocenters. The highest BCUT2D eigenvalue weighted by Crippen LogP contribution is 2.27. The fraction of sp³-hybridized carbons (Fsp3) is 0.417. The smallest absolute Gasteiger partial charge is 0.122 e. The Kier molecular flexibility index (Phi) is 3.96. The van der Waals surface area contributed by atoms with Crippen molar-refractivity contribution in [1.82, 2.24) is 0 Å². The summed E-state index contributed by atoms with van der Waals surface area (Å²) in [6.07, 6.45) is 0.894. The maximum absolute atomic E-state index is 9.07. The zero-order valence-corrected chi connectivity index (χ0v) is 8.79. The van der Waals surface area contributed by atoms with Gasteiger partial charge in [-0.2, -0.15) is 0 Å². The molecule has 14 heavy (non-hydrogen) atoms. The van der Waals surface area contributed by atoms with Crippen LogP contribution in [0.1, 0.15) is 24.0 Å². The SMILES string of the molecule is [CH2]C(CO)c1cccc(OC)c1CC. The maximum atomic E-state index is 9.07. The van der Waals surface area contributed by atoms with E-state index in [2.05, 4.69) is 13.8 Å². The summed E-state index contributed by atoms with van der Waals surface area (Å²) in [5.74, 6) is 0.812. The molecule has 0 aliphatic heterocycles. The van der Waals surface area contributed by atoms with E-state index in [0.29, 0.717) is 0 Å². The summed E-state index contributed by atoms with van der Waals surface area (Å²) in [6, 6.07) is 5.86. The summed E-state index contributed by atoms with van der Waals surface area (Å²) >= 11 is 0. The lowest BCUT2D eigenvalue weighted by Gasteiger charge is -2.16. The predicted molar refractivity (Wildman–Crippen MR) is 57.6 cm³/mol. The van der Waals surface area contributed by atoms with Crippen LogP contribution in [0.25, 0.3) is 0 Å². The largest absolute Gasteiger partial charge is 0.496 e. The van der Waals surface area contributed by atoms with Crippen molar-refractivity contribution in [3.8, 4) is 5.75 Å². The number of hydrogen-bond acceptors (Lipinski definition) is 2. The molecule has 1 radical (unpaired) electrons. The van der Waals surface area contributed by atoms with E-state index in [4.69, 9.17) is 9.84 Å². The summed E-state index contributed by atoms with van der Waals surface area (Å²) in [6.45, 7) is 6.05. The van der Waals surface area contributed by atoms with Gasteiger partial charge in [0.2, 0.25) is 0 Å². The Balaban J connectivity index is 3.14. The quantitative estimate of drug-likeness (QED) is 0.794. The number of benzene rings is 1. The van der Waals surface area contributed by atoms with Gasteiger partial charge < -0.3 is 9.84 Å². The fourth-order valence-electron chi connectivity index (χ4n) is 1.63. The van der Waals surface area contributed by atoms with E-state index in [1.165, 1.54) is 0 Å². The average Bonchev–Trinajstić information content (AvgIpc) is 2.26. The Morgan fingerprint density at radius 1 is 1.50 bits per heavy atom. The van der Waals surface area contributed by atoms with E-state index in [1.54, 1.807) is 7.11 Å². The first kappa shape index (κ1) is 11.1. The van der Waals surface area contributed by atoms with Crippen LogP contribution in [-0.2, 0) is 6.42 Å². The van der Waals surface area contributed by atoms with Crippen molar-refractivity contribution in [2.75, 3.05) is 13.7 Å². The molecule has 0 aromatic heterocycles. The van der Waals surface area contributed by atoms with Gasteiger partial charge in [0.1, 0.15) is 5.75 Å². The van der Waals surface area contributed by atoms with E-state index in [-0.39, 0.29) is 12.5 Å². The van der Waals surface area contributed by atoms with E-state index in [1.807, 2.05) is 18.2 Å². The minimum atomic E-state index is -0.0694. The molecule has 0 spiro atoms. The average molecular weight is 193 g/mol. The van der Waals surface area contributed by atoms with Gasteiger partial charge in [0.15, 0.2) is 0 Å². The molecular weight excluding hydrogens is 176 g/mol. The molecule has 0 saturated heterocycles. The maximum Gasteiger partial charge on any atom is 0.122 e. The summed E-state index contributed by atoms with van der Waals surface area (Å²) in [4.78, 5) is 0. The highest BCUT2D eigenvalue weighted by Gasteiger charge is 2.12. The first-order valence-electron chi connectivity index (χ1n) is 4.84. The van der Waals surface area contributed by atoms with Gasteiger partial charge in [-0.1, -0.05) is 19.1 Å². The van der Waals surface area contributed by atoms with Gasteiger partial charge >= 0.3 is 0 Å². The molecule has 0 aliphatic rings. The van der Waals surface area contributed by atoms with Crippen LogP contribution < -0.4 is 4.74 Å². The minimum Gasteiger partial charge on any atom is -0.496 e. The van der Waals surface area contributed by atoms with E-state index >= 15 is 0 Å². The van der Waals surface area contributed by atoms with Crippen molar-refractivity contribution in [1.29, 1.82) is 0 Å². The van der Waals surface area contributed by atoms with Crippen molar-refractivity contribution in [3.63, 3.8) is 0 Å². The van der Waals surface area contributed by atoms with E-state index in [9.17, 15) is 0 Å². The minimum absolute atomic E-state index is 0.0694. The third-order valence-electron chi connectivity index (χ3n) is 2.40. The Morgan fingerprint density at radius 3 is 2.71 bits per heavy atom. The summed E-state index contributed by atoms with van der Waals surface area (Å²) < 4.78 is 5.26. The van der Waals surface area contributed by atoms with Crippen LogP contribution >= 0.6 is 0 Å². The highest BCUT2D eigenvalue weighted by atomic mass is 16.5. The Bertz CT molecular complexity index is 294. The lowest BCUT2D eigenvalue weighted by molar-refractivity contribution is 0.282. The van der Waals surface area contributed by atoms with Crippen molar-refractivity contribution >= 4 is 0 Å². The molecule has 0 amide bonds. The number of aliphatic hydroxyl groups is 1. The zero-order valence-electron chi connectivity index (χ0n) is 8.79. The second-order valence-electron chi connectivity index (χ2n) is 3.26. The van der Waals surface area contributed by atoms with Crippen LogP contribution in [0.15, 0.2) is 18.2 Å². The molecule has 1 aromatic rings. The molecule has 2 nitrogen and oxygen atoms in total. The molecule has 2 heteroatoms. The molecular formula is C12H17O2. The molecule has 1 aromatic carbocycles. The molecule has 1 N–H and O–H groups in total. The monoisotopic (exact) mass is 193 g/mol. The molecule has 77 valence electrons. The van der Waals surface area contributed by atoms with Gasteiger partial charge in [-0.05, 0) is 30.5 Å². The van der Waals surface area contributed by atoms with Crippen molar-refractivity contribution in [2.45, 2.75) is 19.3 Å². The third kappa shape index (κ3) is 2.07. The molecule has 0 fully saturated rings. The summed E-state index contributed by atoms with van der Waals surface area (Å²) in [7, 11) is 1.66. The number of rotatable bonds is 4. The Labute approximate surface area is 85.5 Å². The van der Waals surface area contributed by atoms with Crippen LogP contribution in [0.3, 0.4) is 0 Å². The molecule has 0 bridgehead atoms. The fourth-order valence-corrected chi connectivity index (χ4v) is 1.63. The second kappa shape index (κ2) is 5.01. The standard InChI is InChI=1S/C12H17O2/c1-4-10-11(9(2)8-13)6-5-7-12(10)14-3/h5-7,9,13H,2,4,8H2,1,3H3. The molecule has 1 atom stereocenters. The molecule has 0 saturated carbocycles. The van der Waals surface area contributed by atoms with Crippen molar-refractivity contribution < 1.29 is 9.84 Å². The Hall–Kier alpha value is -1.02. The molecule has 0 aliphatic carbocycles. The van der Waals surface area contributed by atoms with Gasteiger partial charge in [-0.25, -0.2) is 0 Å². The number of methoxy groups -OCH3 is 1. The third-order valence-corrected chi connectivity index (χ3v) is 2.40.